The van der Waals surface area contributed by atoms with Gasteiger partial charge < -0.3 is 14.2 Å². The number of nitriles is 1. The van der Waals surface area contributed by atoms with E-state index >= 15 is 0 Å². The molecule has 1 saturated heterocycles. The summed E-state index contributed by atoms with van der Waals surface area (Å²) >= 11 is 0. The Morgan fingerprint density at radius 3 is 2.59 bits per heavy atom. The maximum Gasteiger partial charge on any atom is 0.420 e. The van der Waals surface area contributed by atoms with Gasteiger partial charge in [0.15, 0.2) is 17.0 Å². The number of piperazine rings is 1. The highest BCUT2D eigenvalue weighted by molar-refractivity contribution is 5.98. The standard InChI is InChI=1S/C23H20F3N5O3/c24-23(25,26)17-9-15(14-5-8-34-13-14)11-31-18(10-27)20(28-21(17)31)22(33)29-6-7-30(19(32)12-29)16-3-1-2-4-16/h5,8-9,11,13,16H,1-4,6-7,12H2. The minimum atomic E-state index is -4.78. The molecule has 8 nitrogen and oxygen atoms in total. The number of rotatable bonds is 3. The fourth-order valence-corrected chi connectivity index (χ4v) is 4.81. The predicted molar refractivity (Wildman–Crippen MR) is 112 cm³/mol. The van der Waals surface area contributed by atoms with E-state index in [1.54, 1.807) is 4.90 Å². The summed E-state index contributed by atoms with van der Waals surface area (Å²) in [6, 6.07) is 4.39. The molecule has 0 atom stereocenters. The Bertz CT molecular complexity index is 1300. The number of amides is 2. The van der Waals surface area contributed by atoms with Crippen LogP contribution in [0.15, 0.2) is 35.3 Å². The highest BCUT2D eigenvalue weighted by atomic mass is 19.4. The zero-order valence-corrected chi connectivity index (χ0v) is 18.0. The zero-order valence-electron chi connectivity index (χ0n) is 18.0. The molecule has 0 N–H and O–H groups in total. The number of halogens is 3. The molecule has 3 aromatic heterocycles. The van der Waals surface area contributed by atoms with E-state index < -0.39 is 29.0 Å². The first-order valence-corrected chi connectivity index (χ1v) is 10.9. The van der Waals surface area contributed by atoms with Crippen LogP contribution >= 0.6 is 0 Å². The third-order valence-electron chi connectivity index (χ3n) is 6.50. The van der Waals surface area contributed by atoms with Crippen molar-refractivity contribution in [3.63, 3.8) is 0 Å². The Morgan fingerprint density at radius 2 is 1.97 bits per heavy atom. The molecule has 2 aliphatic rings. The number of carbonyl (C=O) groups excluding carboxylic acids is 2. The van der Waals surface area contributed by atoms with Gasteiger partial charge in [0, 0.05) is 36.5 Å². The number of hydrogen-bond donors (Lipinski definition) is 0. The molecule has 0 bridgehead atoms. The zero-order chi connectivity index (χ0) is 24.0. The van der Waals surface area contributed by atoms with E-state index in [0.717, 1.165) is 36.2 Å². The number of pyridine rings is 1. The van der Waals surface area contributed by atoms with Crippen molar-refractivity contribution in [1.82, 2.24) is 19.2 Å². The van der Waals surface area contributed by atoms with Crippen LogP contribution in [0.3, 0.4) is 0 Å². The summed E-state index contributed by atoms with van der Waals surface area (Å²) in [4.78, 5) is 32.9. The average molecular weight is 471 g/mol. The lowest BCUT2D eigenvalue weighted by molar-refractivity contribution is -0.137. The van der Waals surface area contributed by atoms with E-state index in [4.69, 9.17) is 4.42 Å². The van der Waals surface area contributed by atoms with Crippen LogP contribution in [0.25, 0.3) is 16.8 Å². The van der Waals surface area contributed by atoms with Gasteiger partial charge in [-0.25, -0.2) is 4.98 Å². The fraction of sp³-hybridized carbons (Fsp3) is 0.391. The van der Waals surface area contributed by atoms with Crippen molar-refractivity contribution < 1.29 is 27.2 Å². The largest absolute Gasteiger partial charge is 0.472 e. The number of aromatic nitrogens is 2. The molecule has 176 valence electrons. The molecule has 11 heteroatoms. The van der Waals surface area contributed by atoms with Crippen molar-refractivity contribution >= 4 is 17.5 Å². The lowest BCUT2D eigenvalue weighted by Crippen LogP contribution is -2.55. The number of hydrogen-bond acceptors (Lipinski definition) is 5. The van der Waals surface area contributed by atoms with Crippen molar-refractivity contribution in [1.29, 1.82) is 5.26 Å². The van der Waals surface area contributed by atoms with E-state index in [0.29, 0.717) is 12.1 Å². The molecule has 0 radical (unpaired) electrons. The average Bonchev–Trinajstić information content (AvgIpc) is 3.57. The van der Waals surface area contributed by atoms with Crippen molar-refractivity contribution in [3.05, 3.63) is 47.8 Å². The summed E-state index contributed by atoms with van der Waals surface area (Å²) in [5.41, 5.74) is -1.81. The quantitative estimate of drug-likeness (QED) is 0.581. The molecule has 0 unspecified atom stereocenters. The second-order valence-electron chi connectivity index (χ2n) is 8.52. The molecule has 2 amide bonds. The molecule has 0 aromatic carbocycles. The topological polar surface area (TPSA) is 94.8 Å². The molecule has 4 heterocycles. The SMILES string of the molecule is N#Cc1c(C(=O)N2CCN(C3CCCC3)C(=O)C2)nc2c(C(F)(F)F)cc(-c3ccoc3)cn12. The van der Waals surface area contributed by atoms with Gasteiger partial charge in [-0.2, -0.15) is 18.4 Å². The molecular formula is C23H20F3N5O3. The van der Waals surface area contributed by atoms with Crippen molar-refractivity contribution in [2.45, 2.75) is 37.9 Å². The van der Waals surface area contributed by atoms with Crippen LogP contribution in [0, 0.1) is 11.3 Å². The lowest BCUT2D eigenvalue weighted by atomic mass is 10.1. The van der Waals surface area contributed by atoms with Crippen molar-refractivity contribution in [2.75, 3.05) is 19.6 Å². The first-order chi connectivity index (χ1) is 16.3. The minimum Gasteiger partial charge on any atom is -0.472 e. The highest BCUT2D eigenvalue weighted by Gasteiger charge is 2.38. The first-order valence-electron chi connectivity index (χ1n) is 10.9. The van der Waals surface area contributed by atoms with Crippen molar-refractivity contribution in [3.8, 4) is 17.2 Å². The van der Waals surface area contributed by atoms with Crippen LogP contribution in [0.2, 0.25) is 0 Å². The van der Waals surface area contributed by atoms with Gasteiger partial charge >= 0.3 is 6.18 Å². The minimum absolute atomic E-state index is 0.154. The fourth-order valence-electron chi connectivity index (χ4n) is 4.81. The Labute approximate surface area is 192 Å². The van der Waals surface area contributed by atoms with Gasteiger partial charge in [-0.1, -0.05) is 12.8 Å². The summed E-state index contributed by atoms with van der Waals surface area (Å²) in [5.74, 6) is -0.940. The molecule has 5 rings (SSSR count). The smallest absolute Gasteiger partial charge is 0.420 e. The Kier molecular flexibility index (Phi) is 5.31. The predicted octanol–water partition coefficient (Wildman–Crippen LogP) is 3.71. The summed E-state index contributed by atoms with van der Waals surface area (Å²) < 4.78 is 47.6. The van der Waals surface area contributed by atoms with Gasteiger partial charge in [0.2, 0.25) is 5.91 Å². The van der Waals surface area contributed by atoms with Crippen LogP contribution < -0.4 is 0 Å². The second-order valence-corrected chi connectivity index (χ2v) is 8.52. The number of nitrogens with zero attached hydrogens (tertiary/aromatic N) is 5. The number of alkyl halides is 3. The maximum absolute atomic E-state index is 13.9. The highest BCUT2D eigenvalue weighted by Crippen LogP contribution is 2.36. The van der Waals surface area contributed by atoms with E-state index in [1.165, 1.54) is 29.7 Å². The monoisotopic (exact) mass is 471 g/mol. The number of imidazole rings is 1. The van der Waals surface area contributed by atoms with Gasteiger partial charge in [0.05, 0.1) is 18.1 Å². The van der Waals surface area contributed by atoms with Gasteiger partial charge in [0.1, 0.15) is 12.6 Å². The Hall–Kier alpha value is -3.81. The summed E-state index contributed by atoms with van der Waals surface area (Å²) in [7, 11) is 0. The molecule has 34 heavy (non-hydrogen) atoms. The number of furan rings is 1. The van der Waals surface area contributed by atoms with Crippen LogP contribution in [0.5, 0.6) is 0 Å². The second kappa shape index (κ2) is 8.20. The molecule has 1 aliphatic carbocycles. The number of fused-ring (bicyclic) bond motifs is 1. The van der Waals surface area contributed by atoms with Gasteiger partial charge in [0.25, 0.3) is 5.91 Å². The van der Waals surface area contributed by atoms with E-state index in [2.05, 4.69) is 4.98 Å². The summed E-state index contributed by atoms with van der Waals surface area (Å²) in [6.45, 7) is 0.385. The lowest BCUT2D eigenvalue weighted by Gasteiger charge is -2.37. The van der Waals surface area contributed by atoms with Gasteiger partial charge in [-0.15, -0.1) is 0 Å². The molecule has 0 spiro atoms. The van der Waals surface area contributed by atoms with Crippen LogP contribution in [-0.4, -0.2) is 56.7 Å². The third-order valence-corrected chi connectivity index (χ3v) is 6.50. The molecule has 3 aromatic rings. The summed E-state index contributed by atoms with van der Waals surface area (Å²) in [5, 5.41) is 9.75. The first kappa shape index (κ1) is 22.0. The molecular weight excluding hydrogens is 451 g/mol. The van der Waals surface area contributed by atoms with Gasteiger partial charge in [-0.3, -0.25) is 14.0 Å². The summed E-state index contributed by atoms with van der Waals surface area (Å²) in [6.07, 6.45) is 3.14. The van der Waals surface area contributed by atoms with E-state index in [9.17, 15) is 28.0 Å². The molecule has 1 aliphatic heterocycles. The van der Waals surface area contributed by atoms with Crippen LogP contribution in [-0.2, 0) is 11.0 Å². The molecule has 2 fully saturated rings. The Morgan fingerprint density at radius 1 is 1.21 bits per heavy atom. The van der Waals surface area contributed by atoms with Gasteiger partial charge in [-0.05, 0) is 25.0 Å². The third kappa shape index (κ3) is 3.69. The Balaban J connectivity index is 1.53. The van der Waals surface area contributed by atoms with Crippen molar-refractivity contribution in [2.24, 2.45) is 0 Å². The van der Waals surface area contributed by atoms with E-state index in [1.807, 2.05) is 6.07 Å². The normalized spacial score (nSPS) is 17.5. The van der Waals surface area contributed by atoms with Crippen LogP contribution in [0.4, 0.5) is 13.2 Å². The maximum atomic E-state index is 13.9. The van der Waals surface area contributed by atoms with E-state index in [-0.39, 0.29) is 36.3 Å². The number of carbonyl (C=O) groups is 2. The molecule has 1 saturated carbocycles. The van der Waals surface area contributed by atoms with Crippen LogP contribution in [0.1, 0.15) is 47.4 Å².